The SMILES string of the molecule is C[C@@H]1C[C@@H](n2c(Nc3ccc(OC(F)(F)F)cc3)nc3cc(OCC(=O)Nc4ccc(OC(F)F)cc4)ccc32)CC(C)(C)C1. The average Bonchev–Trinajstić information content (AvgIpc) is 3.29. The van der Waals surface area contributed by atoms with E-state index in [0.29, 0.717) is 34.5 Å². The van der Waals surface area contributed by atoms with Crippen LogP contribution < -0.4 is 24.8 Å². The molecule has 1 amide bonds. The fraction of sp³-hybridized carbons (Fsp3) is 0.375. The first-order chi connectivity index (χ1) is 21.2. The minimum Gasteiger partial charge on any atom is -0.484 e. The number of carbonyl (C=O) groups excluding carboxylic acids is 1. The van der Waals surface area contributed by atoms with E-state index in [1.807, 2.05) is 6.07 Å². The van der Waals surface area contributed by atoms with E-state index in [-0.39, 0.29) is 29.6 Å². The van der Waals surface area contributed by atoms with Gasteiger partial charge >= 0.3 is 13.0 Å². The summed E-state index contributed by atoms with van der Waals surface area (Å²) in [6.07, 6.45) is -1.86. The van der Waals surface area contributed by atoms with Crippen LogP contribution in [0.1, 0.15) is 46.1 Å². The molecule has 0 saturated heterocycles. The van der Waals surface area contributed by atoms with Gasteiger partial charge in [-0.15, -0.1) is 13.2 Å². The van der Waals surface area contributed by atoms with E-state index in [9.17, 15) is 26.7 Å². The molecule has 45 heavy (non-hydrogen) atoms. The summed E-state index contributed by atoms with van der Waals surface area (Å²) in [5.74, 6) is 0.588. The third-order valence-corrected chi connectivity index (χ3v) is 7.47. The maximum atomic E-state index is 12.6. The molecule has 8 nitrogen and oxygen atoms in total. The molecule has 13 heteroatoms. The first kappa shape index (κ1) is 31.9. The minimum absolute atomic E-state index is 0.0282. The fourth-order valence-electron chi connectivity index (χ4n) is 6.05. The molecule has 0 spiro atoms. The Balaban J connectivity index is 1.35. The van der Waals surface area contributed by atoms with Crippen LogP contribution >= 0.6 is 0 Å². The van der Waals surface area contributed by atoms with Gasteiger partial charge in [0.2, 0.25) is 5.95 Å². The topological polar surface area (TPSA) is 86.6 Å². The van der Waals surface area contributed by atoms with E-state index < -0.39 is 18.9 Å². The largest absolute Gasteiger partial charge is 0.573 e. The molecule has 2 atom stereocenters. The van der Waals surface area contributed by atoms with E-state index >= 15 is 0 Å². The summed E-state index contributed by atoms with van der Waals surface area (Å²) >= 11 is 0. The highest BCUT2D eigenvalue weighted by molar-refractivity contribution is 5.92. The number of nitrogens with zero attached hydrogens (tertiary/aromatic N) is 2. The van der Waals surface area contributed by atoms with Crippen LogP contribution in [0.4, 0.5) is 39.3 Å². The Labute approximate surface area is 256 Å². The van der Waals surface area contributed by atoms with E-state index in [0.717, 1.165) is 24.8 Å². The zero-order valence-electron chi connectivity index (χ0n) is 24.8. The summed E-state index contributed by atoms with van der Waals surface area (Å²) in [5, 5.41) is 5.90. The number of anilines is 3. The van der Waals surface area contributed by atoms with Gasteiger partial charge in [-0.05, 0) is 91.3 Å². The number of amides is 1. The van der Waals surface area contributed by atoms with Crippen molar-refractivity contribution in [3.05, 3.63) is 66.7 Å². The van der Waals surface area contributed by atoms with Crippen LogP contribution in [0, 0.1) is 11.3 Å². The normalized spacial score (nSPS) is 18.1. The highest BCUT2D eigenvalue weighted by Crippen LogP contribution is 2.46. The van der Waals surface area contributed by atoms with Gasteiger partial charge in [0.15, 0.2) is 6.61 Å². The Kier molecular flexibility index (Phi) is 9.08. The van der Waals surface area contributed by atoms with Gasteiger partial charge in [0, 0.05) is 23.5 Å². The lowest BCUT2D eigenvalue weighted by atomic mass is 9.70. The molecule has 1 aliphatic rings. The second-order valence-electron chi connectivity index (χ2n) is 12.0. The number of ether oxygens (including phenoxy) is 3. The molecule has 1 heterocycles. The van der Waals surface area contributed by atoms with Gasteiger partial charge in [-0.1, -0.05) is 20.8 Å². The molecule has 0 bridgehead atoms. The molecule has 0 aliphatic heterocycles. The molecule has 1 aromatic heterocycles. The van der Waals surface area contributed by atoms with E-state index in [1.54, 1.807) is 12.1 Å². The van der Waals surface area contributed by atoms with Crippen LogP contribution in [0.2, 0.25) is 0 Å². The van der Waals surface area contributed by atoms with Gasteiger partial charge in [-0.25, -0.2) is 4.98 Å². The Morgan fingerprint density at radius 1 is 0.978 bits per heavy atom. The number of carbonyl (C=O) groups is 1. The quantitative estimate of drug-likeness (QED) is 0.170. The number of hydrogen-bond donors (Lipinski definition) is 2. The smallest absolute Gasteiger partial charge is 0.484 e. The Morgan fingerprint density at radius 3 is 2.27 bits per heavy atom. The van der Waals surface area contributed by atoms with Crippen molar-refractivity contribution in [1.29, 1.82) is 0 Å². The maximum absolute atomic E-state index is 12.6. The molecule has 4 aromatic rings. The van der Waals surface area contributed by atoms with E-state index in [4.69, 9.17) is 9.72 Å². The number of halogens is 5. The Bertz CT molecular complexity index is 1620. The molecule has 2 N–H and O–H groups in total. The Hall–Kier alpha value is -4.55. The second-order valence-corrected chi connectivity index (χ2v) is 12.0. The third-order valence-electron chi connectivity index (χ3n) is 7.47. The lowest BCUT2D eigenvalue weighted by molar-refractivity contribution is -0.274. The highest BCUT2D eigenvalue weighted by Gasteiger charge is 2.35. The lowest BCUT2D eigenvalue weighted by Crippen LogP contribution is -2.29. The maximum Gasteiger partial charge on any atom is 0.573 e. The number of aromatic nitrogens is 2. The van der Waals surface area contributed by atoms with Gasteiger partial charge in [0.05, 0.1) is 11.0 Å². The molecule has 0 unspecified atom stereocenters. The van der Waals surface area contributed by atoms with Gasteiger partial charge in [-0.2, -0.15) is 8.78 Å². The number of alkyl halides is 5. The third kappa shape index (κ3) is 8.55. The van der Waals surface area contributed by atoms with Crippen molar-refractivity contribution in [1.82, 2.24) is 9.55 Å². The molecule has 3 aromatic carbocycles. The molecular formula is C32H33F5N4O4. The number of rotatable bonds is 10. The standard InChI is InChI=1S/C32H33F5N4O4/c1-19-14-22(17-31(2,3)16-19)41-27-13-12-25(43-18-28(42)38-20-4-8-23(9-5-20)44-29(33)34)15-26(27)40-30(41)39-21-6-10-24(11-7-21)45-32(35,36)37/h4-13,15,19,22,29H,14,16-18H2,1-3H3,(H,38,42)(H,39,40)/t19-,22-/m1/s1. The van der Waals surface area contributed by atoms with Crippen molar-refractivity contribution in [3.63, 3.8) is 0 Å². The summed E-state index contributed by atoms with van der Waals surface area (Å²) in [4.78, 5) is 17.3. The summed E-state index contributed by atoms with van der Waals surface area (Å²) in [6.45, 7) is 3.45. The first-order valence-electron chi connectivity index (χ1n) is 14.4. The van der Waals surface area contributed by atoms with Crippen molar-refractivity contribution in [2.45, 2.75) is 59.0 Å². The second kappa shape index (κ2) is 12.8. The van der Waals surface area contributed by atoms with Crippen LogP contribution in [0.3, 0.4) is 0 Å². The molecule has 1 aliphatic carbocycles. The van der Waals surface area contributed by atoms with Crippen LogP contribution in [0.15, 0.2) is 66.7 Å². The molecule has 0 radical (unpaired) electrons. The summed E-state index contributed by atoms with van der Waals surface area (Å²) in [7, 11) is 0. The minimum atomic E-state index is -4.78. The number of fused-ring (bicyclic) bond motifs is 1. The zero-order chi connectivity index (χ0) is 32.4. The molecule has 5 rings (SSSR count). The van der Waals surface area contributed by atoms with Crippen LogP contribution in [-0.4, -0.2) is 35.0 Å². The molecular weight excluding hydrogens is 599 g/mol. The van der Waals surface area contributed by atoms with E-state index in [1.165, 1.54) is 48.5 Å². The summed E-state index contributed by atoms with van der Waals surface area (Å²) in [6, 6.07) is 16.4. The summed E-state index contributed by atoms with van der Waals surface area (Å²) < 4.78 is 78.8. The predicted octanol–water partition coefficient (Wildman–Crippen LogP) is 8.68. The van der Waals surface area contributed by atoms with Crippen LogP contribution in [-0.2, 0) is 4.79 Å². The zero-order valence-corrected chi connectivity index (χ0v) is 24.8. The van der Waals surface area contributed by atoms with Crippen molar-refractivity contribution >= 4 is 34.3 Å². The Morgan fingerprint density at radius 2 is 1.62 bits per heavy atom. The van der Waals surface area contributed by atoms with Crippen molar-refractivity contribution in [3.8, 4) is 17.2 Å². The number of nitrogens with one attached hydrogen (secondary N) is 2. The van der Waals surface area contributed by atoms with Crippen molar-refractivity contribution < 1.29 is 41.0 Å². The highest BCUT2D eigenvalue weighted by atomic mass is 19.4. The van der Waals surface area contributed by atoms with Crippen LogP contribution in [0.25, 0.3) is 11.0 Å². The van der Waals surface area contributed by atoms with E-state index in [2.05, 4.69) is 45.4 Å². The average molecular weight is 633 g/mol. The monoisotopic (exact) mass is 632 g/mol. The molecule has 1 saturated carbocycles. The van der Waals surface area contributed by atoms with Crippen molar-refractivity contribution in [2.24, 2.45) is 11.3 Å². The number of hydrogen-bond acceptors (Lipinski definition) is 6. The number of imidazole rings is 1. The first-order valence-corrected chi connectivity index (χ1v) is 14.4. The predicted molar refractivity (Wildman–Crippen MR) is 159 cm³/mol. The summed E-state index contributed by atoms with van der Waals surface area (Å²) in [5.41, 5.74) is 2.47. The lowest BCUT2D eigenvalue weighted by Gasteiger charge is -2.40. The number of benzene rings is 3. The molecule has 240 valence electrons. The van der Waals surface area contributed by atoms with Gasteiger partial charge in [0.1, 0.15) is 17.2 Å². The van der Waals surface area contributed by atoms with Crippen molar-refractivity contribution in [2.75, 3.05) is 17.2 Å². The van der Waals surface area contributed by atoms with Gasteiger partial charge in [0.25, 0.3) is 5.91 Å². The molecule has 1 fully saturated rings. The van der Waals surface area contributed by atoms with Crippen LogP contribution in [0.5, 0.6) is 17.2 Å². The van der Waals surface area contributed by atoms with Gasteiger partial charge in [-0.3, -0.25) is 4.79 Å². The fourth-order valence-corrected chi connectivity index (χ4v) is 6.05. The van der Waals surface area contributed by atoms with Gasteiger partial charge < -0.3 is 29.4 Å².